The molecular weight excluding hydrogens is 206 g/mol. The lowest BCUT2D eigenvalue weighted by Gasteiger charge is -2.17. The normalized spacial score (nSPS) is 20.7. The van der Waals surface area contributed by atoms with Gasteiger partial charge in [0.05, 0.1) is 11.0 Å². The van der Waals surface area contributed by atoms with Crippen molar-refractivity contribution < 1.29 is 0 Å². The summed E-state index contributed by atoms with van der Waals surface area (Å²) >= 11 is 1.59. The van der Waals surface area contributed by atoms with Gasteiger partial charge < -0.3 is 5.73 Å². The Morgan fingerprint density at radius 1 is 1.27 bits per heavy atom. The molecule has 15 heavy (non-hydrogen) atoms. The maximum Gasteiger partial charge on any atom is 0.181 e. The number of thioether (sulfide) groups is 1. The summed E-state index contributed by atoms with van der Waals surface area (Å²) in [4.78, 5) is 0. The molecule has 1 aliphatic rings. The zero-order valence-electron chi connectivity index (χ0n) is 8.55. The fraction of sp³-hybridized carbons (Fsp3) is 0.273. The lowest BCUT2D eigenvalue weighted by atomic mass is 10.1. The highest BCUT2D eigenvalue weighted by Crippen LogP contribution is 2.21. The van der Waals surface area contributed by atoms with Crippen molar-refractivity contribution in [3.63, 3.8) is 0 Å². The molecule has 78 valence electrons. The van der Waals surface area contributed by atoms with E-state index in [4.69, 9.17) is 5.73 Å². The number of nitrogens with two attached hydrogens (primary N) is 1. The Kier molecular flexibility index (Phi) is 3.06. The van der Waals surface area contributed by atoms with Crippen LogP contribution in [0.1, 0.15) is 12.5 Å². The molecule has 0 saturated heterocycles. The van der Waals surface area contributed by atoms with Crippen molar-refractivity contribution >= 4 is 22.6 Å². The van der Waals surface area contributed by atoms with Crippen LogP contribution in [0.4, 0.5) is 0 Å². The number of amidine groups is 1. The third-order valence-electron chi connectivity index (χ3n) is 2.30. The van der Waals surface area contributed by atoms with Crippen molar-refractivity contribution in [3.8, 4) is 0 Å². The highest BCUT2D eigenvalue weighted by Gasteiger charge is 2.19. The van der Waals surface area contributed by atoms with Gasteiger partial charge in [-0.3, -0.25) is 0 Å². The summed E-state index contributed by atoms with van der Waals surface area (Å²) < 4.78 is 0. The summed E-state index contributed by atoms with van der Waals surface area (Å²) in [6.07, 6.45) is 0.955. The minimum Gasteiger partial charge on any atom is -0.377 e. The van der Waals surface area contributed by atoms with Gasteiger partial charge in [-0.2, -0.15) is 5.10 Å². The average molecular weight is 219 g/mol. The number of rotatable bonds is 2. The molecule has 0 amide bonds. The monoisotopic (exact) mass is 219 g/mol. The van der Waals surface area contributed by atoms with Gasteiger partial charge >= 0.3 is 0 Å². The van der Waals surface area contributed by atoms with E-state index in [9.17, 15) is 0 Å². The van der Waals surface area contributed by atoms with Gasteiger partial charge in [-0.25, -0.2) is 0 Å². The Bertz CT molecular complexity index is 398. The summed E-state index contributed by atoms with van der Waals surface area (Å²) in [6.45, 7) is 2.00. The molecule has 0 radical (unpaired) electrons. The Morgan fingerprint density at radius 2 is 2.00 bits per heavy atom. The Balaban J connectivity index is 2.08. The number of hydrogen-bond acceptors (Lipinski definition) is 4. The fourth-order valence-electron chi connectivity index (χ4n) is 1.46. The van der Waals surface area contributed by atoms with Gasteiger partial charge in [-0.15, -0.1) is 5.10 Å². The lowest BCUT2D eigenvalue weighted by molar-refractivity contribution is 1.03. The van der Waals surface area contributed by atoms with E-state index < -0.39 is 0 Å². The van der Waals surface area contributed by atoms with E-state index in [0.29, 0.717) is 10.4 Å². The topological polar surface area (TPSA) is 50.7 Å². The van der Waals surface area contributed by atoms with Gasteiger partial charge in [0, 0.05) is 0 Å². The van der Waals surface area contributed by atoms with E-state index in [0.717, 1.165) is 12.1 Å². The molecule has 1 heterocycles. The van der Waals surface area contributed by atoms with Crippen LogP contribution in [0.5, 0.6) is 0 Å². The molecule has 1 aliphatic heterocycles. The summed E-state index contributed by atoms with van der Waals surface area (Å²) in [5.74, 6) is 0. The average Bonchev–Trinajstić information content (AvgIpc) is 2.25. The van der Waals surface area contributed by atoms with Crippen molar-refractivity contribution in [2.75, 3.05) is 0 Å². The molecule has 0 fully saturated rings. The number of nitrogens with zero attached hydrogens (tertiary/aromatic N) is 2. The molecule has 0 aliphatic carbocycles. The van der Waals surface area contributed by atoms with E-state index in [1.807, 2.05) is 25.1 Å². The molecule has 0 spiro atoms. The summed E-state index contributed by atoms with van der Waals surface area (Å²) in [5.41, 5.74) is 7.99. The first-order valence-corrected chi connectivity index (χ1v) is 5.72. The van der Waals surface area contributed by atoms with Crippen molar-refractivity contribution in [2.45, 2.75) is 18.6 Å². The van der Waals surface area contributed by atoms with Crippen LogP contribution in [0, 0.1) is 0 Å². The Labute approximate surface area is 93.5 Å². The van der Waals surface area contributed by atoms with E-state index in [2.05, 4.69) is 22.3 Å². The number of hydrogen-bond donors (Lipinski definition) is 1. The second kappa shape index (κ2) is 4.49. The van der Waals surface area contributed by atoms with Crippen LogP contribution in [0.15, 0.2) is 40.5 Å². The van der Waals surface area contributed by atoms with E-state index >= 15 is 0 Å². The van der Waals surface area contributed by atoms with Crippen LogP contribution in [-0.2, 0) is 6.42 Å². The standard InChI is InChI=1S/C11H13N3S/c1-8-10(15-11(12)14-13-8)7-9-5-3-2-4-6-9/h2-6,10H,7H2,1H3,(H2,12,14)/t10-/m1/s1. The molecule has 1 atom stereocenters. The maximum absolute atomic E-state index is 5.65. The molecule has 2 N–H and O–H groups in total. The van der Waals surface area contributed by atoms with Crippen LogP contribution in [0.3, 0.4) is 0 Å². The molecule has 1 aromatic carbocycles. The fourth-order valence-corrected chi connectivity index (χ4v) is 2.34. The summed E-state index contributed by atoms with van der Waals surface area (Å²) in [5, 5.41) is 8.78. The molecule has 0 aromatic heterocycles. The van der Waals surface area contributed by atoms with Gasteiger partial charge in [0.1, 0.15) is 0 Å². The molecule has 2 rings (SSSR count). The highest BCUT2D eigenvalue weighted by atomic mass is 32.2. The number of benzene rings is 1. The molecule has 0 bridgehead atoms. The Hall–Kier alpha value is -1.29. The third kappa shape index (κ3) is 2.59. The first-order chi connectivity index (χ1) is 7.25. The predicted molar refractivity (Wildman–Crippen MR) is 66.3 cm³/mol. The summed E-state index contributed by atoms with van der Waals surface area (Å²) in [7, 11) is 0. The lowest BCUT2D eigenvalue weighted by Crippen LogP contribution is -2.25. The molecule has 3 nitrogen and oxygen atoms in total. The smallest absolute Gasteiger partial charge is 0.181 e. The molecule has 1 aromatic rings. The molecule has 4 heteroatoms. The van der Waals surface area contributed by atoms with E-state index in [1.54, 1.807) is 11.8 Å². The van der Waals surface area contributed by atoms with Crippen LogP contribution >= 0.6 is 11.8 Å². The van der Waals surface area contributed by atoms with Crippen molar-refractivity contribution in [3.05, 3.63) is 35.9 Å². The Morgan fingerprint density at radius 3 is 2.73 bits per heavy atom. The van der Waals surface area contributed by atoms with Gasteiger partial charge in [-0.1, -0.05) is 42.1 Å². The van der Waals surface area contributed by atoms with E-state index in [1.165, 1.54) is 5.56 Å². The predicted octanol–water partition coefficient (Wildman–Crippen LogP) is 2.04. The molecule has 0 unspecified atom stereocenters. The van der Waals surface area contributed by atoms with E-state index in [-0.39, 0.29) is 0 Å². The molecule has 0 saturated carbocycles. The van der Waals surface area contributed by atoms with Gasteiger partial charge in [0.25, 0.3) is 0 Å². The minimum atomic E-state index is 0.324. The molecular formula is C11H13N3S. The van der Waals surface area contributed by atoms with Crippen LogP contribution < -0.4 is 5.73 Å². The SMILES string of the molecule is CC1=NN=C(N)S[C@@H]1Cc1ccccc1. The van der Waals surface area contributed by atoms with Gasteiger partial charge in [0.2, 0.25) is 0 Å². The van der Waals surface area contributed by atoms with Crippen molar-refractivity contribution in [1.29, 1.82) is 0 Å². The largest absolute Gasteiger partial charge is 0.377 e. The minimum absolute atomic E-state index is 0.324. The zero-order valence-corrected chi connectivity index (χ0v) is 9.37. The van der Waals surface area contributed by atoms with Crippen LogP contribution in [-0.4, -0.2) is 16.1 Å². The van der Waals surface area contributed by atoms with Crippen molar-refractivity contribution in [2.24, 2.45) is 15.9 Å². The first kappa shape index (κ1) is 10.2. The quantitative estimate of drug-likeness (QED) is 0.827. The van der Waals surface area contributed by atoms with Crippen LogP contribution in [0.25, 0.3) is 0 Å². The zero-order chi connectivity index (χ0) is 10.7. The van der Waals surface area contributed by atoms with Crippen LogP contribution in [0.2, 0.25) is 0 Å². The second-order valence-electron chi connectivity index (χ2n) is 3.48. The second-order valence-corrected chi connectivity index (χ2v) is 4.70. The highest BCUT2D eigenvalue weighted by molar-refractivity contribution is 8.15. The van der Waals surface area contributed by atoms with Gasteiger partial charge in [-0.05, 0) is 18.9 Å². The van der Waals surface area contributed by atoms with Gasteiger partial charge in [0.15, 0.2) is 5.17 Å². The van der Waals surface area contributed by atoms with Crippen molar-refractivity contribution in [1.82, 2.24) is 0 Å². The maximum atomic E-state index is 5.65. The summed E-state index contributed by atoms with van der Waals surface area (Å²) in [6, 6.07) is 10.4. The third-order valence-corrected chi connectivity index (χ3v) is 3.41. The first-order valence-electron chi connectivity index (χ1n) is 4.84.